The van der Waals surface area contributed by atoms with Gasteiger partial charge < -0.3 is 24.6 Å². The Hall–Kier alpha value is -1.30. The van der Waals surface area contributed by atoms with Crippen molar-refractivity contribution >= 4 is 0 Å². The minimum Gasteiger partial charge on any atom is -0.504 e. The highest BCUT2D eigenvalue weighted by Gasteiger charge is 2.34. The van der Waals surface area contributed by atoms with Gasteiger partial charge in [0.2, 0.25) is 0 Å². The van der Waals surface area contributed by atoms with Gasteiger partial charge in [-0.25, -0.2) is 0 Å². The van der Waals surface area contributed by atoms with E-state index in [9.17, 15) is 5.11 Å². The molecule has 2 rings (SSSR count). The molecule has 1 fully saturated rings. The van der Waals surface area contributed by atoms with Crippen molar-refractivity contribution in [2.24, 2.45) is 0 Å². The van der Waals surface area contributed by atoms with Crippen LogP contribution in [0.5, 0.6) is 11.5 Å². The van der Waals surface area contributed by atoms with Crippen LogP contribution >= 0.6 is 0 Å². The Balaban J connectivity index is 1.87. The van der Waals surface area contributed by atoms with Crippen molar-refractivity contribution in [3.05, 3.63) is 23.8 Å². The highest BCUT2D eigenvalue weighted by atomic mass is 16.5. The van der Waals surface area contributed by atoms with E-state index >= 15 is 0 Å². The lowest BCUT2D eigenvalue weighted by molar-refractivity contribution is -0.0159. The summed E-state index contributed by atoms with van der Waals surface area (Å²) < 4.78 is 15.9. The van der Waals surface area contributed by atoms with Crippen molar-refractivity contribution in [2.45, 2.75) is 18.6 Å². The molecule has 1 aliphatic heterocycles. The maximum absolute atomic E-state index is 9.70. The predicted molar refractivity (Wildman–Crippen MR) is 71.5 cm³/mol. The summed E-state index contributed by atoms with van der Waals surface area (Å²) in [5.74, 6) is 0.647. The topological polar surface area (TPSA) is 60.0 Å². The molecule has 1 aromatic carbocycles. The van der Waals surface area contributed by atoms with Gasteiger partial charge in [0.25, 0.3) is 0 Å². The lowest BCUT2D eigenvalue weighted by Crippen LogP contribution is -2.42. The van der Waals surface area contributed by atoms with Gasteiger partial charge in [-0.15, -0.1) is 0 Å². The Kier molecular flexibility index (Phi) is 4.63. The summed E-state index contributed by atoms with van der Waals surface area (Å²) in [5, 5.41) is 13.0. The number of methoxy groups -OCH3 is 2. The first-order chi connectivity index (χ1) is 9.19. The number of hydrogen-bond acceptors (Lipinski definition) is 5. The standard InChI is InChI=1S/C14H21NO4/c1-17-13-4-3-11(7-12(13)16)8-15-9-14(18-2)5-6-19-10-14/h3-4,7,15-16H,5-6,8-10H2,1-2H3. The first-order valence-electron chi connectivity index (χ1n) is 6.39. The van der Waals surface area contributed by atoms with Crippen molar-refractivity contribution < 1.29 is 19.3 Å². The van der Waals surface area contributed by atoms with E-state index in [2.05, 4.69) is 5.32 Å². The lowest BCUT2D eigenvalue weighted by atomic mass is 10.0. The van der Waals surface area contributed by atoms with E-state index in [1.807, 2.05) is 6.07 Å². The Bertz CT molecular complexity index is 416. The zero-order valence-corrected chi connectivity index (χ0v) is 11.4. The van der Waals surface area contributed by atoms with Crippen LogP contribution in [0, 0.1) is 0 Å². The van der Waals surface area contributed by atoms with E-state index in [-0.39, 0.29) is 11.4 Å². The largest absolute Gasteiger partial charge is 0.504 e. The summed E-state index contributed by atoms with van der Waals surface area (Å²) in [6, 6.07) is 5.39. The smallest absolute Gasteiger partial charge is 0.160 e. The summed E-state index contributed by atoms with van der Waals surface area (Å²) in [5.41, 5.74) is 0.789. The van der Waals surface area contributed by atoms with Crippen molar-refractivity contribution in [1.82, 2.24) is 5.32 Å². The number of hydrogen-bond donors (Lipinski definition) is 2. The number of phenolic OH excluding ortho intramolecular Hbond substituents is 1. The zero-order valence-electron chi connectivity index (χ0n) is 11.4. The molecule has 0 saturated carbocycles. The molecule has 1 unspecified atom stereocenters. The number of phenols is 1. The summed E-state index contributed by atoms with van der Waals surface area (Å²) in [4.78, 5) is 0. The van der Waals surface area contributed by atoms with Crippen LogP contribution in [-0.4, -0.2) is 44.7 Å². The van der Waals surface area contributed by atoms with E-state index < -0.39 is 0 Å². The first-order valence-corrected chi connectivity index (χ1v) is 6.39. The molecule has 0 aliphatic carbocycles. The highest BCUT2D eigenvalue weighted by molar-refractivity contribution is 5.41. The van der Waals surface area contributed by atoms with Crippen LogP contribution in [0.1, 0.15) is 12.0 Å². The summed E-state index contributed by atoms with van der Waals surface area (Å²) >= 11 is 0. The van der Waals surface area contributed by atoms with Gasteiger partial charge in [-0.3, -0.25) is 0 Å². The third kappa shape index (κ3) is 3.37. The number of rotatable bonds is 6. The molecule has 5 heteroatoms. The number of nitrogens with one attached hydrogen (secondary N) is 1. The molecule has 19 heavy (non-hydrogen) atoms. The Morgan fingerprint density at radius 3 is 2.84 bits per heavy atom. The quantitative estimate of drug-likeness (QED) is 0.813. The van der Waals surface area contributed by atoms with Gasteiger partial charge in [0.15, 0.2) is 11.5 Å². The minimum atomic E-state index is -0.214. The van der Waals surface area contributed by atoms with Crippen molar-refractivity contribution in [3.63, 3.8) is 0 Å². The van der Waals surface area contributed by atoms with E-state index in [1.54, 1.807) is 19.2 Å². The Labute approximate surface area is 113 Å². The average molecular weight is 267 g/mol. The van der Waals surface area contributed by atoms with Crippen LogP contribution in [0.25, 0.3) is 0 Å². The molecule has 0 radical (unpaired) electrons. The van der Waals surface area contributed by atoms with E-state index in [0.717, 1.165) is 25.1 Å². The SMILES string of the molecule is COc1ccc(CNCC2(OC)CCOC2)cc1O. The van der Waals surface area contributed by atoms with E-state index in [0.29, 0.717) is 18.9 Å². The molecule has 0 amide bonds. The monoisotopic (exact) mass is 267 g/mol. The third-order valence-corrected chi connectivity index (χ3v) is 3.52. The summed E-state index contributed by atoms with van der Waals surface area (Å²) in [7, 11) is 3.25. The van der Waals surface area contributed by atoms with Gasteiger partial charge in [-0.05, 0) is 17.7 Å². The summed E-state index contributed by atoms with van der Waals surface area (Å²) in [6.45, 7) is 2.78. The lowest BCUT2D eigenvalue weighted by Gasteiger charge is -2.26. The molecule has 1 atom stereocenters. The number of aromatic hydroxyl groups is 1. The van der Waals surface area contributed by atoms with Gasteiger partial charge in [0.1, 0.15) is 5.60 Å². The number of benzene rings is 1. The fraction of sp³-hybridized carbons (Fsp3) is 0.571. The predicted octanol–water partition coefficient (Wildman–Crippen LogP) is 1.30. The molecule has 2 N–H and O–H groups in total. The molecule has 0 bridgehead atoms. The molecule has 1 saturated heterocycles. The molecule has 5 nitrogen and oxygen atoms in total. The van der Waals surface area contributed by atoms with Crippen LogP contribution in [0.3, 0.4) is 0 Å². The van der Waals surface area contributed by atoms with E-state index in [1.165, 1.54) is 7.11 Å². The average Bonchev–Trinajstić information content (AvgIpc) is 2.88. The van der Waals surface area contributed by atoms with Crippen molar-refractivity contribution in [3.8, 4) is 11.5 Å². The Morgan fingerprint density at radius 1 is 1.42 bits per heavy atom. The fourth-order valence-corrected chi connectivity index (χ4v) is 2.24. The molecule has 1 aromatic rings. The minimum absolute atomic E-state index is 0.160. The zero-order chi connectivity index (χ0) is 13.7. The van der Waals surface area contributed by atoms with Gasteiger partial charge in [0.05, 0.1) is 13.7 Å². The molecule has 106 valence electrons. The molecular weight excluding hydrogens is 246 g/mol. The molecule has 0 spiro atoms. The molecule has 1 aliphatic rings. The first kappa shape index (κ1) is 14.1. The normalized spacial score (nSPS) is 22.6. The van der Waals surface area contributed by atoms with Gasteiger partial charge in [-0.1, -0.05) is 6.07 Å². The van der Waals surface area contributed by atoms with Crippen LogP contribution in [0.2, 0.25) is 0 Å². The van der Waals surface area contributed by atoms with Crippen LogP contribution in [0.4, 0.5) is 0 Å². The van der Waals surface area contributed by atoms with Gasteiger partial charge >= 0.3 is 0 Å². The maximum Gasteiger partial charge on any atom is 0.160 e. The van der Waals surface area contributed by atoms with Crippen LogP contribution in [0.15, 0.2) is 18.2 Å². The molecular formula is C14H21NO4. The van der Waals surface area contributed by atoms with Crippen LogP contribution < -0.4 is 10.1 Å². The molecule has 0 aromatic heterocycles. The third-order valence-electron chi connectivity index (χ3n) is 3.52. The van der Waals surface area contributed by atoms with E-state index in [4.69, 9.17) is 14.2 Å². The van der Waals surface area contributed by atoms with Crippen molar-refractivity contribution in [1.29, 1.82) is 0 Å². The van der Waals surface area contributed by atoms with Gasteiger partial charge in [-0.2, -0.15) is 0 Å². The second-order valence-electron chi connectivity index (χ2n) is 4.80. The molecule has 1 heterocycles. The Morgan fingerprint density at radius 2 is 2.26 bits per heavy atom. The summed E-state index contributed by atoms with van der Waals surface area (Å²) in [6.07, 6.45) is 0.907. The van der Waals surface area contributed by atoms with Gasteiger partial charge in [0, 0.05) is 33.2 Å². The van der Waals surface area contributed by atoms with Crippen LogP contribution in [-0.2, 0) is 16.0 Å². The second kappa shape index (κ2) is 6.23. The maximum atomic E-state index is 9.70. The highest BCUT2D eigenvalue weighted by Crippen LogP contribution is 2.26. The van der Waals surface area contributed by atoms with Crippen molar-refractivity contribution in [2.75, 3.05) is 34.0 Å². The number of ether oxygens (including phenoxy) is 3. The second-order valence-corrected chi connectivity index (χ2v) is 4.80. The fourth-order valence-electron chi connectivity index (χ4n) is 2.24.